The molecule has 2 aromatic heterocycles. The Kier molecular flexibility index (Phi) is 4.44. The molecule has 4 heteroatoms. The van der Waals surface area contributed by atoms with Gasteiger partial charge in [-0.15, -0.1) is 11.3 Å². The lowest BCUT2D eigenvalue weighted by molar-refractivity contribution is 0.100. The van der Waals surface area contributed by atoms with E-state index in [1.807, 2.05) is 12.1 Å². The quantitative estimate of drug-likeness (QED) is 0.384. The number of aromatic nitrogens is 1. The van der Waals surface area contributed by atoms with Crippen LogP contribution in [0.5, 0.6) is 0 Å². The van der Waals surface area contributed by atoms with Crippen LogP contribution in [0.15, 0.2) is 66.0 Å². The molecule has 0 saturated carbocycles. The summed E-state index contributed by atoms with van der Waals surface area (Å²) in [7, 11) is 0. The Balaban J connectivity index is 1.83. The molecule has 30 heavy (non-hydrogen) atoms. The summed E-state index contributed by atoms with van der Waals surface area (Å²) in [6.07, 6.45) is 0. The molecule has 2 N–H and O–H groups in total. The number of thiophene rings is 1. The second-order valence-corrected chi connectivity index (χ2v) is 8.58. The third-order valence-corrected chi connectivity index (χ3v) is 6.83. The summed E-state index contributed by atoms with van der Waals surface area (Å²) >= 11 is 1.71. The molecule has 0 spiro atoms. The molecule has 0 bridgehead atoms. The average molecular weight is 410 g/mol. The molecule has 0 saturated heterocycles. The Morgan fingerprint density at radius 2 is 1.90 bits per heavy atom. The number of hydrogen-bond donors (Lipinski definition) is 1. The van der Waals surface area contributed by atoms with Crippen LogP contribution in [0, 0.1) is 19.9 Å². The highest BCUT2D eigenvalue weighted by Crippen LogP contribution is 2.36. The number of fused-ring (bicyclic) bond motifs is 3. The maximum atomic E-state index is 12.2. The van der Waals surface area contributed by atoms with Crippen LogP contribution >= 0.6 is 11.3 Å². The average Bonchev–Trinajstić information content (AvgIpc) is 3.38. The van der Waals surface area contributed by atoms with Gasteiger partial charge in [-0.3, -0.25) is 4.79 Å². The molecule has 0 atom stereocenters. The van der Waals surface area contributed by atoms with Gasteiger partial charge in [-0.05, 0) is 77.9 Å². The summed E-state index contributed by atoms with van der Waals surface area (Å²) in [5, 5.41) is 3.89. The van der Waals surface area contributed by atoms with Crippen molar-refractivity contribution in [2.45, 2.75) is 20.4 Å². The van der Waals surface area contributed by atoms with Crippen molar-refractivity contribution in [2.75, 3.05) is 0 Å². The van der Waals surface area contributed by atoms with Crippen molar-refractivity contribution in [1.29, 1.82) is 0 Å². The van der Waals surface area contributed by atoms with E-state index < -0.39 is 5.91 Å². The maximum absolute atomic E-state index is 12.2. The molecule has 3 nitrogen and oxygen atoms in total. The summed E-state index contributed by atoms with van der Waals surface area (Å²) in [6.45, 7) is 5.02. The van der Waals surface area contributed by atoms with Gasteiger partial charge in [0.2, 0.25) is 5.91 Å². The van der Waals surface area contributed by atoms with E-state index in [1.54, 1.807) is 17.4 Å². The molecule has 1 radical (unpaired) electrons. The molecule has 0 unspecified atom stereocenters. The predicted octanol–water partition coefficient (Wildman–Crippen LogP) is 6.09. The Morgan fingerprint density at radius 1 is 1.07 bits per heavy atom. The van der Waals surface area contributed by atoms with E-state index in [-0.39, 0.29) is 0 Å². The van der Waals surface area contributed by atoms with Crippen molar-refractivity contribution < 1.29 is 4.79 Å². The van der Waals surface area contributed by atoms with E-state index in [9.17, 15) is 4.79 Å². The van der Waals surface area contributed by atoms with Gasteiger partial charge < -0.3 is 10.3 Å². The molecule has 1 amide bonds. The number of amides is 1. The van der Waals surface area contributed by atoms with Crippen LogP contribution in [0.4, 0.5) is 0 Å². The zero-order valence-electron chi connectivity index (χ0n) is 16.9. The number of rotatable bonds is 4. The summed E-state index contributed by atoms with van der Waals surface area (Å²) in [5.41, 5.74) is 13.3. The highest BCUT2D eigenvalue weighted by Gasteiger charge is 2.18. The third-order valence-electron chi connectivity index (χ3n) is 5.91. The van der Waals surface area contributed by atoms with Gasteiger partial charge in [0, 0.05) is 27.8 Å². The highest BCUT2D eigenvalue weighted by molar-refractivity contribution is 7.13. The fourth-order valence-corrected chi connectivity index (χ4v) is 4.88. The van der Waals surface area contributed by atoms with Crippen molar-refractivity contribution in [2.24, 2.45) is 5.73 Å². The maximum Gasteiger partial charge on any atom is 0.249 e. The fraction of sp³-hybridized carbons (Fsp3) is 0.115. The Morgan fingerprint density at radius 3 is 2.67 bits per heavy atom. The predicted molar refractivity (Wildman–Crippen MR) is 125 cm³/mol. The molecule has 0 aliphatic rings. The standard InChI is InChI=1S/C26H21N2OS/c1-16-6-3-7-19(17(16)2)15-28-22-9-4-8-21(26(27)29)25(22)20-12-11-18(14-23(20)28)24-10-5-13-30-24/h3-11,13-14H,15H2,1-2H3,(H2,27,29). The smallest absolute Gasteiger partial charge is 0.249 e. The lowest BCUT2D eigenvalue weighted by Crippen LogP contribution is -2.11. The highest BCUT2D eigenvalue weighted by atomic mass is 32.1. The van der Waals surface area contributed by atoms with E-state index >= 15 is 0 Å². The van der Waals surface area contributed by atoms with E-state index in [1.165, 1.54) is 21.6 Å². The largest absolute Gasteiger partial charge is 0.366 e. The first-order chi connectivity index (χ1) is 14.5. The second-order valence-electron chi connectivity index (χ2n) is 7.64. The molecule has 0 aliphatic heterocycles. The summed E-state index contributed by atoms with van der Waals surface area (Å²) in [5.74, 6) is -0.415. The topological polar surface area (TPSA) is 48.0 Å². The number of nitrogens with two attached hydrogens (primary N) is 1. The van der Waals surface area contributed by atoms with Crippen molar-refractivity contribution in [1.82, 2.24) is 4.57 Å². The molecule has 0 aliphatic carbocycles. The SMILES string of the molecule is Cc1cccc(Cn2c3cc(-c4cccs4)c[c]c3c3c(C(N)=O)cccc32)c1C. The number of aryl methyl sites for hydroxylation is 1. The first-order valence-electron chi connectivity index (χ1n) is 9.90. The monoisotopic (exact) mass is 409 g/mol. The van der Waals surface area contributed by atoms with E-state index in [0.717, 1.165) is 33.9 Å². The summed E-state index contributed by atoms with van der Waals surface area (Å²) < 4.78 is 2.28. The van der Waals surface area contributed by atoms with Gasteiger partial charge in [-0.2, -0.15) is 0 Å². The van der Waals surface area contributed by atoms with Crippen LogP contribution in [0.25, 0.3) is 32.2 Å². The first-order valence-corrected chi connectivity index (χ1v) is 10.8. The third kappa shape index (κ3) is 2.92. The van der Waals surface area contributed by atoms with Gasteiger partial charge in [0.25, 0.3) is 0 Å². The number of nitrogens with zero attached hydrogens (tertiary/aromatic N) is 1. The first kappa shape index (κ1) is 18.6. The van der Waals surface area contributed by atoms with Crippen LogP contribution in [-0.2, 0) is 6.54 Å². The van der Waals surface area contributed by atoms with Crippen molar-refractivity contribution in [3.63, 3.8) is 0 Å². The van der Waals surface area contributed by atoms with Gasteiger partial charge in [-0.25, -0.2) is 0 Å². The Labute approximate surface area is 179 Å². The zero-order chi connectivity index (χ0) is 20.8. The molecule has 3 aromatic carbocycles. The van der Waals surface area contributed by atoms with Crippen LogP contribution in [0.2, 0.25) is 0 Å². The van der Waals surface area contributed by atoms with Crippen molar-refractivity contribution in [3.8, 4) is 10.4 Å². The van der Waals surface area contributed by atoms with Crippen LogP contribution in [-0.4, -0.2) is 10.5 Å². The van der Waals surface area contributed by atoms with Gasteiger partial charge in [-0.1, -0.05) is 30.3 Å². The van der Waals surface area contributed by atoms with E-state index in [4.69, 9.17) is 5.73 Å². The minimum Gasteiger partial charge on any atom is -0.366 e. The number of hydrogen-bond acceptors (Lipinski definition) is 2. The minimum absolute atomic E-state index is 0.415. The van der Waals surface area contributed by atoms with Gasteiger partial charge in [0.1, 0.15) is 0 Å². The number of carbonyl (C=O) groups is 1. The van der Waals surface area contributed by atoms with E-state index in [0.29, 0.717) is 5.56 Å². The second kappa shape index (κ2) is 7.15. The summed E-state index contributed by atoms with van der Waals surface area (Å²) in [6, 6.07) is 24.0. The molecule has 5 rings (SSSR count). The summed E-state index contributed by atoms with van der Waals surface area (Å²) in [4.78, 5) is 13.4. The number of benzene rings is 3. The van der Waals surface area contributed by atoms with Crippen molar-refractivity contribution >= 4 is 39.0 Å². The van der Waals surface area contributed by atoms with Crippen LogP contribution in [0.1, 0.15) is 27.0 Å². The van der Waals surface area contributed by atoms with Gasteiger partial charge in [0.15, 0.2) is 0 Å². The lowest BCUT2D eigenvalue weighted by atomic mass is 10.0. The minimum atomic E-state index is -0.415. The molecular weight excluding hydrogens is 388 g/mol. The Bertz CT molecular complexity index is 1410. The van der Waals surface area contributed by atoms with Gasteiger partial charge in [0.05, 0.1) is 11.0 Å². The number of primary amides is 1. The molecule has 147 valence electrons. The van der Waals surface area contributed by atoms with E-state index in [2.05, 4.69) is 72.3 Å². The molecular formula is C26H21N2OS. The Hall–Kier alpha value is -3.37. The molecule has 5 aromatic rings. The van der Waals surface area contributed by atoms with Crippen molar-refractivity contribution in [3.05, 3.63) is 94.4 Å². The lowest BCUT2D eigenvalue weighted by Gasteiger charge is -2.12. The van der Waals surface area contributed by atoms with Crippen LogP contribution in [0.3, 0.4) is 0 Å². The fourth-order valence-electron chi connectivity index (χ4n) is 4.17. The zero-order valence-corrected chi connectivity index (χ0v) is 17.7. The van der Waals surface area contributed by atoms with Gasteiger partial charge >= 0.3 is 0 Å². The molecule has 2 heterocycles. The normalized spacial score (nSPS) is 11.4. The van der Waals surface area contributed by atoms with Crippen LogP contribution < -0.4 is 5.73 Å². The number of carbonyl (C=O) groups excluding carboxylic acids is 1. The molecule has 0 fully saturated rings.